The quantitative estimate of drug-likeness (QED) is 0.241. The number of allylic oxidation sites excluding steroid dienone is 1. The maximum Gasteiger partial charge on any atom is 0.271 e. The molecule has 0 atom stereocenters. The van der Waals surface area contributed by atoms with E-state index in [0.29, 0.717) is 21.2 Å². The molecule has 29 heavy (non-hydrogen) atoms. The average Bonchev–Trinajstić information content (AvgIpc) is 2.73. The predicted octanol–water partition coefficient (Wildman–Crippen LogP) is 5.65. The fourth-order valence-corrected chi connectivity index (χ4v) is 2.84. The van der Waals surface area contributed by atoms with Gasteiger partial charge in [-0.1, -0.05) is 71.7 Å². The molecule has 3 rings (SSSR count). The van der Waals surface area contributed by atoms with Crippen molar-refractivity contribution in [2.24, 2.45) is 5.10 Å². The van der Waals surface area contributed by atoms with Crippen LogP contribution in [-0.2, 0) is 0 Å². The van der Waals surface area contributed by atoms with E-state index in [4.69, 9.17) is 23.2 Å². The summed E-state index contributed by atoms with van der Waals surface area (Å²) >= 11 is 11.8. The largest absolute Gasteiger partial charge is 0.289 e. The molecule has 6 heteroatoms. The summed E-state index contributed by atoms with van der Waals surface area (Å²) < 4.78 is 0. The van der Waals surface area contributed by atoms with Crippen LogP contribution in [0.1, 0.15) is 31.8 Å². The molecule has 3 aromatic rings. The molecule has 0 fully saturated rings. The van der Waals surface area contributed by atoms with Gasteiger partial charge in [-0.15, -0.1) is 0 Å². The molecule has 4 nitrogen and oxygen atoms in total. The smallest absolute Gasteiger partial charge is 0.271 e. The monoisotopic (exact) mass is 422 g/mol. The number of rotatable bonds is 6. The zero-order chi connectivity index (χ0) is 20.6. The molecule has 0 saturated carbocycles. The Hall–Kier alpha value is -3.21. The molecule has 0 unspecified atom stereocenters. The number of nitrogens with zero attached hydrogens (tertiary/aromatic N) is 1. The van der Waals surface area contributed by atoms with E-state index in [1.807, 2.05) is 24.3 Å². The second-order valence-corrected chi connectivity index (χ2v) is 6.96. The van der Waals surface area contributed by atoms with Crippen molar-refractivity contribution in [2.75, 3.05) is 0 Å². The van der Waals surface area contributed by atoms with Crippen LogP contribution < -0.4 is 5.43 Å². The van der Waals surface area contributed by atoms with E-state index < -0.39 is 0 Å². The highest BCUT2D eigenvalue weighted by atomic mass is 35.5. The van der Waals surface area contributed by atoms with Gasteiger partial charge in [0.15, 0.2) is 5.78 Å². The van der Waals surface area contributed by atoms with Gasteiger partial charge >= 0.3 is 0 Å². The van der Waals surface area contributed by atoms with Gasteiger partial charge < -0.3 is 0 Å². The van der Waals surface area contributed by atoms with E-state index in [-0.39, 0.29) is 11.7 Å². The standard InChI is InChI=1S/C23H16Cl2N2O2/c24-20-5-1-3-18(13-20)22(28)12-11-16-7-9-17(10-8-16)15-26-27-23(29)19-4-2-6-21(25)14-19/h1-15H,(H,27,29)/b12-11+,26-15+. The molecule has 0 heterocycles. The minimum atomic E-state index is -0.345. The average molecular weight is 423 g/mol. The number of hydrogen-bond acceptors (Lipinski definition) is 3. The van der Waals surface area contributed by atoms with Crippen molar-refractivity contribution >= 4 is 47.2 Å². The minimum Gasteiger partial charge on any atom is -0.289 e. The topological polar surface area (TPSA) is 58.5 Å². The third-order valence-corrected chi connectivity index (χ3v) is 4.41. The number of amides is 1. The molecule has 0 aliphatic carbocycles. The molecular weight excluding hydrogens is 407 g/mol. The fourth-order valence-electron chi connectivity index (χ4n) is 2.46. The number of halogens is 2. The molecule has 3 aromatic carbocycles. The zero-order valence-corrected chi connectivity index (χ0v) is 16.7. The lowest BCUT2D eigenvalue weighted by Crippen LogP contribution is -2.17. The van der Waals surface area contributed by atoms with Gasteiger partial charge in [-0.25, -0.2) is 5.43 Å². The Morgan fingerprint density at radius 2 is 1.38 bits per heavy atom. The highest BCUT2D eigenvalue weighted by molar-refractivity contribution is 6.31. The van der Waals surface area contributed by atoms with Crippen molar-refractivity contribution in [3.05, 3.63) is 111 Å². The Balaban J connectivity index is 1.57. The van der Waals surface area contributed by atoms with Gasteiger partial charge in [-0.2, -0.15) is 5.10 Å². The molecule has 0 aromatic heterocycles. The molecule has 0 aliphatic heterocycles. The van der Waals surface area contributed by atoms with Crippen molar-refractivity contribution in [3.63, 3.8) is 0 Å². The Morgan fingerprint density at radius 3 is 2.03 bits per heavy atom. The molecule has 0 radical (unpaired) electrons. The summed E-state index contributed by atoms with van der Waals surface area (Å²) in [6.45, 7) is 0. The highest BCUT2D eigenvalue weighted by Gasteiger charge is 2.04. The first-order valence-electron chi connectivity index (χ1n) is 8.68. The van der Waals surface area contributed by atoms with Crippen LogP contribution in [0.2, 0.25) is 10.0 Å². The number of carbonyl (C=O) groups is 2. The summed E-state index contributed by atoms with van der Waals surface area (Å²) in [6.07, 6.45) is 4.76. The van der Waals surface area contributed by atoms with E-state index in [1.165, 1.54) is 12.3 Å². The number of nitrogens with one attached hydrogen (secondary N) is 1. The Morgan fingerprint density at radius 1 is 0.793 bits per heavy atom. The summed E-state index contributed by atoms with van der Waals surface area (Å²) in [7, 11) is 0. The lowest BCUT2D eigenvalue weighted by atomic mass is 10.1. The number of hydrazone groups is 1. The molecule has 144 valence electrons. The number of benzene rings is 3. The maximum atomic E-state index is 12.2. The molecule has 0 aliphatic rings. The number of ketones is 1. The van der Waals surface area contributed by atoms with Crippen LogP contribution >= 0.6 is 23.2 Å². The molecular formula is C23H16Cl2N2O2. The first-order chi connectivity index (χ1) is 14.0. The van der Waals surface area contributed by atoms with E-state index in [1.54, 1.807) is 54.6 Å². The van der Waals surface area contributed by atoms with Crippen LogP contribution in [0.25, 0.3) is 6.08 Å². The molecule has 1 N–H and O–H groups in total. The van der Waals surface area contributed by atoms with Crippen molar-refractivity contribution in [1.82, 2.24) is 5.43 Å². The lowest BCUT2D eigenvalue weighted by molar-refractivity contribution is 0.0954. The van der Waals surface area contributed by atoms with Crippen molar-refractivity contribution in [1.29, 1.82) is 0 Å². The summed E-state index contributed by atoms with van der Waals surface area (Å²) in [6, 6.07) is 20.8. The van der Waals surface area contributed by atoms with Gasteiger partial charge in [0.1, 0.15) is 0 Å². The van der Waals surface area contributed by atoms with Crippen molar-refractivity contribution in [3.8, 4) is 0 Å². The number of carbonyl (C=O) groups excluding carboxylic acids is 2. The third-order valence-electron chi connectivity index (χ3n) is 3.94. The molecule has 0 saturated heterocycles. The summed E-state index contributed by atoms with van der Waals surface area (Å²) in [5.74, 6) is -0.468. The minimum absolute atomic E-state index is 0.123. The van der Waals surface area contributed by atoms with Gasteiger partial charge in [0.2, 0.25) is 0 Å². The van der Waals surface area contributed by atoms with Crippen molar-refractivity contribution in [2.45, 2.75) is 0 Å². The van der Waals surface area contributed by atoms with Crippen LogP contribution in [0.4, 0.5) is 0 Å². The normalized spacial score (nSPS) is 11.1. The van der Waals surface area contributed by atoms with E-state index in [2.05, 4.69) is 10.5 Å². The van der Waals surface area contributed by atoms with Crippen LogP contribution in [0.15, 0.2) is 84.0 Å². The molecule has 1 amide bonds. The Labute approximate surface area is 178 Å². The van der Waals surface area contributed by atoms with Crippen LogP contribution in [0, 0.1) is 0 Å². The maximum absolute atomic E-state index is 12.2. The zero-order valence-electron chi connectivity index (χ0n) is 15.2. The summed E-state index contributed by atoms with van der Waals surface area (Å²) in [5.41, 5.74) is 5.08. The van der Waals surface area contributed by atoms with Gasteiger partial charge in [0, 0.05) is 21.2 Å². The SMILES string of the molecule is O=C(/C=C/c1ccc(/C=N/NC(=O)c2cccc(Cl)c2)cc1)c1cccc(Cl)c1. The molecule has 0 bridgehead atoms. The second kappa shape index (κ2) is 9.82. The number of hydrogen-bond donors (Lipinski definition) is 1. The Bertz CT molecular complexity index is 1090. The lowest BCUT2D eigenvalue weighted by Gasteiger charge is -2.00. The van der Waals surface area contributed by atoms with Gasteiger partial charge in [-0.3, -0.25) is 9.59 Å². The van der Waals surface area contributed by atoms with E-state index in [9.17, 15) is 9.59 Å². The first-order valence-corrected chi connectivity index (χ1v) is 9.44. The third kappa shape index (κ3) is 6.14. The van der Waals surface area contributed by atoms with Gasteiger partial charge in [-0.05, 0) is 47.5 Å². The molecule has 0 spiro atoms. The van der Waals surface area contributed by atoms with E-state index >= 15 is 0 Å². The fraction of sp³-hybridized carbons (Fsp3) is 0. The predicted molar refractivity (Wildman–Crippen MR) is 118 cm³/mol. The second-order valence-electron chi connectivity index (χ2n) is 6.08. The van der Waals surface area contributed by atoms with Gasteiger partial charge in [0.05, 0.1) is 6.21 Å². The first kappa shape index (κ1) is 20.5. The summed E-state index contributed by atoms with van der Waals surface area (Å²) in [5, 5.41) is 4.96. The van der Waals surface area contributed by atoms with Crippen LogP contribution in [-0.4, -0.2) is 17.9 Å². The van der Waals surface area contributed by atoms with E-state index in [0.717, 1.165) is 11.1 Å². The Kier molecular flexibility index (Phi) is 6.95. The van der Waals surface area contributed by atoms with Crippen molar-refractivity contribution < 1.29 is 9.59 Å². The van der Waals surface area contributed by atoms with Crippen LogP contribution in [0.5, 0.6) is 0 Å². The highest BCUT2D eigenvalue weighted by Crippen LogP contribution is 2.13. The summed E-state index contributed by atoms with van der Waals surface area (Å²) in [4.78, 5) is 24.2. The van der Waals surface area contributed by atoms with Crippen LogP contribution in [0.3, 0.4) is 0 Å². The van der Waals surface area contributed by atoms with Gasteiger partial charge in [0.25, 0.3) is 5.91 Å².